The van der Waals surface area contributed by atoms with Gasteiger partial charge in [-0.15, -0.1) is 0 Å². The molecule has 1 heterocycles. The lowest BCUT2D eigenvalue weighted by molar-refractivity contribution is 0.626. The van der Waals surface area contributed by atoms with Gasteiger partial charge in [0.25, 0.3) is 0 Å². The minimum atomic E-state index is -0.598. The van der Waals surface area contributed by atoms with E-state index < -0.39 is 11.6 Å². The number of nitriles is 2. The lowest BCUT2D eigenvalue weighted by Crippen LogP contribution is -2.03. The maximum Gasteiger partial charge on any atom is 0.168 e. The van der Waals surface area contributed by atoms with Crippen molar-refractivity contribution in [3.63, 3.8) is 0 Å². The van der Waals surface area contributed by atoms with Crippen molar-refractivity contribution in [2.75, 3.05) is 10.6 Å². The number of nitrogens with one attached hydrogen (secondary N) is 2. The highest BCUT2D eigenvalue weighted by Gasteiger charge is 2.11. The zero-order chi connectivity index (χ0) is 19.4. The highest BCUT2D eigenvalue weighted by molar-refractivity contribution is 5.65. The van der Waals surface area contributed by atoms with Crippen molar-refractivity contribution in [1.82, 2.24) is 4.98 Å². The predicted molar refractivity (Wildman–Crippen MR) is 97.8 cm³/mol. The van der Waals surface area contributed by atoms with Crippen molar-refractivity contribution in [1.29, 1.82) is 10.5 Å². The van der Waals surface area contributed by atoms with E-state index in [0.29, 0.717) is 16.8 Å². The van der Waals surface area contributed by atoms with Crippen molar-refractivity contribution in [3.05, 3.63) is 76.9 Å². The van der Waals surface area contributed by atoms with Gasteiger partial charge in [-0.3, -0.25) is 0 Å². The number of benzene rings is 2. The molecule has 0 saturated carbocycles. The molecule has 0 amide bonds. The quantitative estimate of drug-likeness (QED) is 0.690. The summed E-state index contributed by atoms with van der Waals surface area (Å²) < 4.78 is 28.3. The molecule has 27 heavy (non-hydrogen) atoms. The average molecular weight is 361 g/mol. The van der Waals surface area contributed by atoms with Crippen LogP contribution in [0, 0.1) is 41.2 Å². The summed E-state index contributed by atoms with van der Waals surface area (Å²) in [6.07, 6.45) is 0. The summed E-state index contributed by atoms with van der Waals surface area (Å²) in [5.74, 6) is -0.989. The third-order valence-electron chi connectivity index (χ3n) is 3.79. The highest BCUT2D eigenvalue weighted by atomic mass is 19.1. The van der Waals surface area contributed by atoms with Crippen LogP contribution in [0.2, 0.25) is 0 Å². The predicted octanol–water partition coefficient (Wildman–Crippen LogP) is 4.90. The van der Waals surface area contributed by atoms with Crippen LogP contribution in [0.25, 0.3) is 0 Å². The molecule has 0 radical (unpaired) electrons. The smallest absolute Gasteiger partial charge is 0.168 e. The van der Waals surface area contributed by atoms with Crippen molar-refractivity contribution in [3.8, 4) is 12.1 Å². The number of hydrogen-bond donors (Lipinski definition) is 2. The molecule has 0 atom stereocenters. The summed E-state index contributed by atoms with van der Waals surface area (Å²) in [5.41, 5.74) is 1.94. The van der Waals surface area contributed by atoms with Gasteiger partial charge in [-0.05, 0) is 61.0 Å². The molecule has 1 aromatic heterocycles. The van der Waals surface area contributed by atoms with E-state index >= 15 is 0 Å². The molecule has 0 bridgehead atoms. The van der Waals surface area contributed by atoms with Crippen LogP contribution in [0.1, 0.15) is 16.7 Å². The van der Waals surface area contributed by atoms with E-state index in [-0.39, 0.29) is 22.9 Å². The number of hydrogen-bond acceptors (Lipinski definition) is 5. The number of nitrogens with zero attached hydrogens (tertiary/aromatic N) is 3. The van der Waals surface area contributed by atoms with E-state index in [0.717, 1.165) is 6.07 Å². The summed E-state index contributed by atoms with van der Waals surface area (Å²) in [4.78, 5) is 4.14. The van der Waals surface area contributed by atoms with Crippen molar-refractivity contribution in [2.45, 2.75) is 6.92 Å². The Morgan fingerprint density at radius 2 is 1.56 bits per heavy atom. The van der Waals surface area contributed by atoms with Gasteiger partial charge in [-0.2, -0.15) is 10.5 Å². The molecule has 0 fully saturated rings. The second-order valence-electron chi connectivity index (χ2n) is 5.73. The largest absolute Gasteiger partial charge is 0.338 e. The number of rotatable bonds is 4. The van der Waals surface area contributed by atoms with E-state index in [1.165, 1.54) is 12.1 Å². The van der Waals surface area contributed by atoms with E-state index in [2.05, 4.69) is 15.6 Å². The molecule has 7 heteroatoms. The Bertz CT molecular complexity index is 1060. The fourth-order valence-corrected chi connectivity index (χ4v) is 2.46. The highest BCUT2D eigenvalue weighted by Crippen LogP contribution is 2.26. The first-order chi connectivity index (χ1) is 13.0. The van der Waals surface area contributed by atoms with Gasteiger partial charge in [-0.1, -0.05) is 0 Å². The average Bonchev–Trinajstić information content (AvgIpc) is 2.67. The van der Waals surface area contributed by atoms with Crippen LogP contribution in [-0.4, -0.2) is 4.98 Å². The number of pyridine rings is 1. The number of halogens is 2. The summed E-state index contributed by atoms with van der Waals surface area (Å²) >= 11 is 0. The Labute approximate surface area is 154 Å². The standard InChI is InChI=1S/C20H13F2N5/c1-12-8-14(11-24)9-17(22)19(12)26-18-7-6-16(21)20(27-18)25-15-4-2-13(10-23)3-5-15/h2-9H,1H3,(H2,25,26,27). The van der Waals surface area contributed by atoms with Crippen LogP contribution in [0.4, 0.5) is 31.8 Å². The van der Waals surface area contributed by atoms with Crippen molar-refractivity contribution in [2.24, 2.45) is 0 Å². The first-order valence-corrected chi connectivity index (χ1v) is 7.91. The second kappa shape index (κ2) is 7.51. The van der Waals surface area contributed by atoms with Crippen LogP contribution >= 0.6 is 0 Å². The monoisotopic (exact) mass is 361 g/mol. The minimum absolute atomic E-state index is 0.0450. The summed E-state index contributed by atoms with van der Waals surface area (Å²) in [6, 6.07) is 15.6. The molecule has 3 rings (SSSR count). The second-order valence-corrected chi connectivity index (χ2v) is 5.73. The molecule has 132 valence electrons. The third-order valence-corrected chi connectivity index (χ3v) is 3.79. The van der Waals surface area contributed by atoms with Crippen LogP contribution in [0.15, 0.2) is 48.5 Å². The third kappa shape index (κ3) is 4.00. The number of anilines is 4. The van der Waals surface area contributed by atoms with Gasteiger partial charge in [0.1, 0.15) is 11.6 Å². The fraction of sp³-hybridized carbons (Fsp3) is 0.0500. The van der Waals surface area contributed by atoms with Gasteiger partial charge in [-0.25, -0.2) is 13.8 Å². The summed E-state index contributed by atoms with van der Waals surface area (Å²) in [6.45, 7) is 1.66. The maximum absolute atomic E-state index is 14.2. The zero-order valence-corrected chi connectivity index (χ0v) is 14.2. The minimum Gasteiger partial charge on any atom is -0.338 e. The van der Waals surface area contributed by atoms with Gasteiger partial charge >= 0.3 is 0 Å². The lowest BCUT2D eigenvalue weighted by Gasteiger charge is -2.13. The zero-order valence-electron chi connectivity index (χ0n) is 14.2. The van der Waals surface area contributed by atoms with Gasteiger partial charge in [0.15, 0.2) is 11.6 Å². The molecular weight excluding hydrogens is 348 g/mol. The SMILES string of the molecule is Cc1cc(C#N)cc(F)c1Nc1ccc(F)c(Nc2ccc(C#N)cc2)n1. The van der Waals surface area contributed by atoms with E-state index in [1.54, 1.807) is 37.3 Å². The topological polar surface area (TPSA) is 84.5 Å². The van der Waals surface area contributed by atoms with Crippen LogP contribution < -0.4 is 10.6 Å². The molecule has 0 aliphatic heterocycles. The van der Waals surface area contributed by atoms with Gasteiger partial charge in [0.2, 0.25) is 0 Å². The Morgan fingerprint density at radius 1 is 0.852 bits per heavy atom. The lowest BCUT2D eigenvalue weighted by atomic mass is 10.1. The molecule has 5 nitrogen and oxygen atoms in total. The molecule has 2 N–H and O–H groups in total. The van der Waals surface area contributed by atoms with Crippen molar-refractivity contribution < 1.29 is 8.78 Å². The van der Waals surface area contributed by atoms with E-state index in [4.69, 9.17) is 10.5 Å². The molecule has 0 unspecified atom stereocenters. The molecule has 0 spiro atoms. The molecule has 0 saturated heterocycles. The van der Waals surface area contributed by atoms with Crippen molar-refractivity contribution >= 4 is 23.0 Å². The summed E-state index contributed by atoms with van der Waals surface area (Å²) in [5, 5.41) is 23.4. The van der Waals surface area contributed by atoms with E-state index in [9.17, 15) is 8.78 Å². The van der Waals surface area contributed by atoms with Crippen LogP contribution in [0.3, 0.4) is 0 Å². The Kier molecular flexibility index (Phi) is 4.96. The van der Waals surface area contributed by atoms with Crippen LogP contribution in [0.5, 0.6) is 0 Å². The van der Waals surface area contributed by atoms with E-state index in [1.807, 2.05) is 12.1 Å². The molecule has 2 aromatic carbocycles. The maximum atomic E-state index is 14.2. The molecule has 0 aliphatic rings. The van der Waals surface area contributed by atoms with Gasteiger partial charge in [0, 0.05) is 5.69 Å². The molecule has 3 aromatic rings. The summed E-state index contributed by atoms with van der Waals surface area (Å²) in [7, 11) is 0. The fourth-order valence-electron chi connectivity index (χ4n) is 2.46. The van der Waals surface area contributed by atoms with Gasteiger partial charge in [0.05, 0.1) is 29.0 Å². The Morgan fingerprint density at radius 3 is 2.19 bits per heavy atom. The first kappa shape index (κ1) is 17.8. The molecular formula is C20H13F2N5. The van der Waals surface area contributed by atoms with Crippen LogP contribution in [-0.2, 0) is 0 Å². The normalized spacial score (nSPS) is 9.96. The number of aryl methyl sites for hydroxylation is 1. The number of aromatic nitrogens is 1. The Balaban J connectivity index is 1.87. The van der Waals surface area contributed by atoms with Gasteiger partial charge < -0.3 is 10.6 Å². The molecule has 0 aliphatic carbocycles. The first-order valence-electron chi connectivity index (χ1n) is 7.91. The Hall–Kier alpha value is -3.97.